The smallest absolute Gasteiger partial charge is 0.254 e. The Morgan fingerprint density at radius 1 is 0.882 bits per heavy atom. The summed E-state index contributed by atoms with van der Waals surface area (Å²) in [4.78, 5) is 50.7. The van der Waals surface area contributed by atoms with Crippen molar-refractivity contribution in [2.75, 3.05) is 50.7 Å². The SMILES string of the molecule is C/C(=C\c1c(-c2ccc(N)nc2)ccnc1C)C(C)N1CCC(c2ccc(C(=O)N3CCn4nc(CN5CCC(c6ccc(N)cc6F)CC5)cc4C3)cc2)CC1.CC.O=C1CCCC(=O)NC1. The number of nitrogens with one attached hydrogen (secondary N) is 1. The van der Waals surface area contributed by atoms with Gasteiger partial charge in [-0.1, -0.05) is 43.7 Å². The van der Waals surface area contributed by atoms with E-state index < -0.39 is 0 Å². The number of Topliss-reactive ketones (excluding diaryl/α,β-unsaturated/α-hetero) is 1. The normalized spacial score (nSPS) is 18.0. The van der Waals surface area contributed by atoms with Crippen LogP contribution in [0.15, 0.2) is 84.7 Å². The number of aryl methyl sites for hydroxylation is 1. The van der Waals surface area contributed by atoms with Crippen molar-refractivity contribution in [3.8, 4) is 11.1 Å². The molecule has 0 saturated carbocycles. The van der Waals surface area contributed by atoms with Crippen molar-refractivity contribution in [1.82, 2.24) is 39.8 Å². The van der Waals surface area contributed by atoms with Gasteiger partial charge < -0.3 is 21.7 Å². The van der Waals surface area contributed by atoms with Crippen molar-refractivity contribution < 1.29 is 18.8 Å². The van der Waals surface area contributed by atoms with Crippen LogP contribution in [0.5, 0.6) is 0 Å². The first kappa shape index (κ1) is 49.6. The van der Waals surface area contributed by atoms with E-state index in [4.69, 9.17) is 16.6 Å². The van der Waals surface area contributed by atoms with Gasteiger partial charge in [-0.25, -0.2) is 9.37 Å². The number of fused-ring (bicyclic) bond motifs is 1. The van der Waals surface area contributed by atoms with Gasteiger partial charge in [0.15, 0.2) is 5.78 Å². The molecule has 0 aliphatic carbocycles. The number of piperidine rings is 2. The third kappa shape index (κ3) is 12.4. The Hall–Kier alpha value is -6.25. The molecule has 0 bridgehead atoms. The highest BCUT2D eigenvalue weighted by molar-refractivity contribution is 5.94. The molecule has 1 unspecified atom stereocenters. The number of likely N-dealkylation sites (tertiary alicyclic amines) is 2. The van der Waals surface area contributed by atoms with Crippen LogP contribution in [0.1, 0.15) is 129 Å². The second kappa shape index (κ2) is 23.2. The topological polar surface area (TPSA) is 169 Å². The summed E-state index contributed by atoms with van der Waals surface area (Å²) in [6.45, 7) is 17.3. The van der Waals surface area contributed by atoms with Gasteiger partial charge in [-0.05, 0) is 156 Å². The number of halogens is 1. The summed E-state index contributed by atoms with van der Waals surface area (Å²) >= 11 is 0. The number of carbonyl (C=O) groups excluding carboxylic acids is 3. The van der Waals surface area contributed by atoms with Crippen molar-refractivity contribution in [3.05, 3.63) is 130 Å². The number of benzene rings is 2. The minimum atomic E-state index is -0.201. The van der Waals surface area contributed by atoms with Gasteiger partial charge in [-0.2, -0.15) is 5.10 Å². The van der Waals surface area contributed by atoms with Crippen molar-refractivity contribution >= 4 is 35.2 Å². The summed E-state index contributed by atoms with van der Waals surface area (Å²) in [5.74, 6) is 1.20. The Kier molecular flexibility index (Phi) is 16.9. The molecular formula is C54H69FN10O3. The molecule has 3 aromatic heterocycles. The fourth-order valence-electron chi connectivity index (χ4n) is 9.82. The highest BCUT2D eigenvalue weighted by atomic mass is 19.1. The van der Waals surface area contributed by atoms with E-state index in [1.165, 1.54) is 17.2 Å². The number of hydrogen-bond acceptors (Lipinski definition) is 10. The van der Waals surface area contributed by atoms with Crippen molar-refractivity contribution in [2.45, 2.75) is 117 Å². The van der Waals surface area contributed by atoms with Gasteiger partial charge >= 0.3 is 0 Å². The molecule has 3 fully saturated rings. The molecule has 68 heavy (non-hydrogen) atoms. The second-order valence-corrected chi connectivity index (χ2v) is 18.4. The molecule has 3 saturated heterocycles. The van der Waals surface area contributed by atoms with E-state index in [1.807, 2.05) is 61.5 Å². The molecule has 4 aliphatic heterocycles. The molecule has 0 spiro atoms. The molecule has 0 radical (unpaired) electrons. The van der Waals surface area contributed by atoms with E-state index in [1.54, 1.807) is 6.07 Å². The van der Waals surface area contributed by atoms with E-state index >= 15 is 0 Å². The van der Waals surface area contributed by atoms with Crippen LogP contribution in [-0.2, 0) is 29.2 Å². The van der Waals surface area contributed by atoms with Crippen LogP contribution in [0.25, 0.3) is 17.2 Å². The summed E-state index contributed by atoms with van der Waals surface area (Å²) < 4.78 is 16.6. The molecular weight excluding hydrogens is 856 g/mol. The van der Waals surface area contributed by atoms with Crippen LogP contribution >= 0.6 is 0 Å². The van der Waals surface area contributed by atoms with Gasteiger partial charge in [-0.15, -0.1) is 0 Å². The number of aromatic nitrogens is 4. The first-order valence-electron chi connectivity index (χ1n) is 24.5. The van der Waals surface area contributed by atoms with Crippen LogP contribution in [0.2, 0.25) is 0 Å². The third-order valence-electron chi connectivity index (χ3n) is 13.9. The second-order valence-electron chi connectivity index (χ2n) is 18.4. The average molecular weight is 925 g/mol. The molecule has 5 N–H and O–H groups in total. The number of nitrogen functional groups attached to an aromatic ring is 2. The Bertz CT molecular complexity index is 2520. The quantitative estimate of drug-likeness (QED) is 0.122. The Morgan fingerprint density at radius 3 is 2.32 bits per heavy atom. The van der Waals surface area contributed by atoms with Crippen LogP contribution in [0, 0.1) is 12.7 Å². The fraction of sp³-hybridized carbons (Fsp3) is 0.444. The third-order valence-corrected chi connectivity index (χ3v) is 13.9. The van der Waals surface area contributed by atoms with Crippen molar-refractivity contribution in [1.29, 1.82) is 0 Å². The number of nitrogens with zero attached hydrogens (tertiary/aromatic N) is 7. The highest BCUT2D eigenvalue weighted by Crippen LogP contribution is 2.34. The van der Waals surface area contributed by atoms with E-state index in [0.717, 1.165) is 103 Å². The maximum atomic E-state index is 14.5. The molecule has 1 atom stereocenters. The first-order chi connectivity index (χ1) is 32.9. The van der Waals surface area contributed by atoms with Gasteiger partial charge in [0.05, 0.1) is 31.0 Å². The zero-order chi connectivity index (χ0) is 48.3. The van der Waals surface area contributed by atoms with E-state index in [9.17, 15) is 18.8 Å². The van der Waals surface area contributed by atoms with Gasteiger partial charge in [0.25, 0.3) is 5.91 Å². The largest absolute Gasteiger partial charge is 0.399 e. The molecule has 2 amide bonds. The van der Waals surface area contributed by atoms with Gasteiger partial charge in [-0.3, -0.25) is 33.8 Å². The predicted molar refractivity (Wildman–Crippen MR) is 268 cm³/mol. The zero-order valence-corrected chi connectivity index (χ0v) is 40.5. The minimum absolute atomic E-state index is 0.000787. The number of amides is 2. The van der Waals surface area contributed by atoms with Crippen LogP contribution < -0.4 is 16.8 Å². The Morgan fingerprint density at radius 2 is 1.62 bits per heavy atom. The number of ketones is 1. The fourth-order valence-corrected chi connectivity index (χ4v) is 9.82. The lowest BCUT2D eigenvalue weighted by atomic mass is 9.88. The standard InChI is InChI=1S/C46H54FN9O.C6H9NO2.C2H6/c1-30(24-43-31(2)50-17-12-41(43)37-8-11-45(49)51-27-37)32(3)54-20-15-34(16-21-54)33-4-6-36(7-5-33)46(57)55-22-23-56-40(29-55)26-39(52-56)28-53-18-13-35(14-19-53)42-10-9-38(48)25-44(42)47;8-5-2-1-3-6(9)7-4-5;1-2/h4-12,17,24-27,32,34-35H,13-16,18-23,28-29,48H2,1-3H3,(H2,49,51);1-4H2,(H,7,9);1-2H3/b30-24+;;. The maximum Gasteiger partial charge on any atom is 0.254 e. The highest BCUT2D eigenvalue weighted by Gasteiger charge is 2.28. The lowest BCUT2D eigenvalue weighted by Gasteiger charge is -2.37. The van der Waals surface area contributed by atoms with E-state index in [0.29, 0.717) is 62.4 Å². The lowest BCUT2D eigenvalue weighted by Crippen LogP contribution is -2.40. The average Bonchev–Trinajstić information content (AvgIpc) is 3.66. The molecule has 360 valence electrons. The summed E-state index contributed by atoms with van der Waals surface area (Å²) in [5.41, 5.74) is 22.5. The number of hydrogen-bond donors (Lipinski definition) is 3. The van der Waals surface area contributed by atoms with Crippen molar-refractivity contribution in [3.63, 3.8) is 0 Å². The van der Waals surface area contributed by atoms with Crippen LogP contribution in [0.4, 0.5) is 15.9 Å². The van der Waals surface area contributed by atoms with E-state index in [2.05, 4.69) is 80.9 Å². The lowest BCUT2D eigenvalue weighted by molar-refractivity contribution is -0.123. The summed E-state index contributed by atoms with van der Waals surface area (Å²) in [7, 11) is 0. The maximum absolute atomic E-state index is 14.5. The van der Waals surface area contributed by atoms with E-state index in [-0.39, 0.29) is 35.9 Å². The monoisotopic (exact) mass is 925 g/mol. The summed E-state index contributed by atoms with van der Waals surface area (Å²) in [5, 5.41) is 7.40. The minimum Gasteiger partial charge on any atom is -0.399 e. The predicted octanol–water partition coefficient (Wildman–Crippen LogP) is 8.54. The molecule has 5 aromatic rings. The number of nitrogens with two attached hydrogens (primary N) is 2. The Labute approximate surface area is 401 Å². The van der Waals surface area contributed by atoms with Gasteiger partial charge in [0.2, 0.25) is 5.91 Å². The molecule has 7 heterocycles. The van der Waals surface area contributed by atoms with Gasteiger partial charge in [0, 0.05) is 72.4 Å². The molecule has 4 aliphatic rings. The van der Waals surface area contributed by atoms with Gasteiger partial charge in [0.1, 0.15) is 11.6 Å². The van der Waals surface area contributed by atoms with Crippen LogP contribution in [0.3, 0.4) is 0 Å². The number of pyridine rings is 2. The summed E-state index contributed by atoms with van der Waals surface area (Å²) in [6, 6.07) is 21.8. The number of rotatable bonds is 9. The molecule has 13 nitrogen and oxygen atoms in total. The number of carbonyl (C=O) groups is 3. The van der Waals surface area contributed by atoms with Crippen LogP contribution in [-0.4, -0.2) is 97.4 Å². The zero-order valence-electron chi connectivity index (χ0n) is 40.5. The molecule has 9 rings (SSSR count). The van der Waals surface area contributed by atoms with Crippen molar-refractivity contribution in [2.24, 2.45) is 0 Å². The molecule has 14 heteroatoms. The number of anilines is 2. The first-order valence-corrected chi connectivity index (χ1v) is 24.5. The Balaban J connectivity index is 0.000000554. The summed E-state index contributed by atoms with van der Waals surface area (Å²) in [6.07, 6.45) is 11.7. The molecule has 2 aromatic carbocycles.